The van der Waals surface area contributed by atoms with E-state index >= 15 is 0 Å². The van der Waals surface area contributed by atoms with Gasteiger partial charge in [0.1, 0.15) is 0 Å². The molecule has 0 spiro atoms. The third kappa shape index (κ3) is 1.95. The second kappa shape index (κ2) is 4.15. The minimum absolute atomic E-state index is 0.596. The molecule has 0 amide bonds. The zero-order valence-electron chi connectivity index (χ0n) is 9.81. The van der Waals surface area contributed by atoms with Gasteiger partial charge in [-0.15, -0.1) is 0 Å². The number of benzene rings is 1. The van der Waals surface area contributed by atoms with Gasteiger partial charge >= 0.3 is 0 Å². The second-order valence-electron chi connectivity index (χ2n) is 4.86. The molecule has 0 bridgehead atoms. The Balaban J connectivity index is 1.80. The van der Waals surface area contributed by atoms with Gasteiger partial charge in [-0.3, -0.25) is 0 Å². The zero-order valence-corrected chi connectivity index (χ0v) is 10.6. The van der Waals surface area contributed by atoms with E-state index in [0.29, 0.717) is 16.9 Å². The van der Waals surface area contributed by atoms with Gasteiger partial charge in [-0.05, 0) is 48.0 Å². The standard InChI is InChI=1S/C14H15N2S/c1-9-6-10(7-11-8-15-14(17)16-11)13-5-3-2-4-12(9)13/h2-5,8-10H,6-7H2,1H3,(H,15,17). The Morgan fingerprint density at radius 1 is 1.35 bits per heavy atom. The molecule has 2 unspecified atom stereocenters. The van der Waals surface area contributed by atoms with Crippen LogP contribution in [0.3, 0.4) is 0 Å². The van der Waals surface area contributed by atoms with E-state index in [4.69, 9.17) is 12.2 Å². The van der Waals surface area contributed by atoms with Gasteiger partial charge in [0.25, 0.3) is 0 Å². The lowest BCUT2D eigenvalue weighted by atomic mass is 9.96. The number of rotatable bonds is 2. The molecule has 0 aromatic heterocycles. The lowest BCUT2D eigenvalue weighted by Crippen LogP contribution is -2.16. The van der Waals surface area contributed by atoms with Crippen LogP contribution in [-0.2, 0) is 0 Å². The number of hydrogen-bond acceptors (Lipinski definition) is 1. The Morgan fingerprint density at radius 2 is 2.12 bits per heavy atom. The van der Waals surface area contributed by atoms with E-state index in [2.05, 4.69) is 41.8 Å². The van der Waals surface area contributed by atoms with Crippen molar-refractivity contribution in [3.05, 3.63) is 47.3 Å². The third-order valence-corrected chi connectivity index (χ3v) is 3.88. The van der Waals surface area contributed by atoms with Crippen molar-refractivity contribution in [1.29, 1.82) is 0 Å². The van der Waals surface area contributed by atoms with Crippen molar-refractivity contribution in [2.45, 2.75) is 31.6 Å². The third-order valence-electron chi connectivity index (χ3n) is 3.67. The molecule has 1 N–H and O–H groups in total. The zero-order chi connectivity index (χ0) is 11.8. The Morgan fingerprint density at radius 3 is 2.82 bits per heavy atom. The summed E-state index contributed by atoms with van der Waals surface area (Å²) in [6, 6.07) is 8.77. The van der Waals surface area contributed by atoms with Crippen molar-refractivity contribution >= 4 is 17.3 Å². The molecule has 1 aliphatic heterocycles. The van der Waals surface area contributed by atoms with Crippen molar-refractivity contribution in [3.8, 4) is 0 Å². The highest BCUT2D eigenvalue weighted by molar-refractivity contribution is 7.80. The molecule has 0 saturated heterocycles. The van der Waals surface area contributed by atoms with Crippen molar-refractivity contribution in [2.24, 2.45) is 0 Å². The number of nitrogens with one attached hydrogen (secondary N) is 1. The molecule has 2 nitrogen and oxygen atoms in total. The topological polar surface area (TPSA) is 26.1 Å². The fourth-order valence-electron chi connectivity index (χ4n) is 2.90. The molecule has 1 aromatic rings. The smallest absolute Gasteiger partial charge is 0.197 e. The summed E-state index contributed by atoms with van der Waals surface area (Å²) in [7, 11) is 0. The van der Waals surface area contributed by atoms with Crippen molar-refractivity contribution in [2.75, 3.05) is 0 Å². The first-order valence-electron chi connectivity index (χ1n) is 6.04. The number of nitrogens with zero attached hydrogens (tertiary/aromatic N) is 1. The van der Waals surface area contributed by atoms with Gasteiger partial charge in [0, 0.05) is 6.20 Å². The van der Waals surface area contributed by atoms with Crippen LogP contribution in [0.25, 0.3) is 0 Å². The Kier molecular flexibility index (Phi) is 2.63. The van der Waals surface area contributed by atoms with Gasteiger partial charge in [-0.1, -0.05) is 31.2 Å². The van der Waals surface area contributed by atoms with Crippen molar-refractivity contribution in [3.63, 3.8) is 0 Å². The van der Waals surface area contributed by atoms with Gasteiger partial charge in [0.15, 0.2) is 5.11 Å². The molecule has 87 valence electrons. The molecule has 1 radical (unpaired) electrons. The van der Waals surface area contributed by atoms with E-state index in [1.54, 1.807) is 0 Å². The fraction of sp³-hybridized carbons (Fsp3) is 0.357. The summed E-state index contributed by atoms with van der Waals surface area (Å²) in [5, 5.41) is 7.91. The van der Waals surface area contributed by atoms with E-state index in [1.807, 2.05) is 6.20 Å². The molecular weight excluding hydrogens is 228 g/mol. The average Bonchev–Trinajstić information content (AvgIpc) is 2.86. The molecule has 2 aliphatic rings. The van der Waals surface area contributed by atoms with Crippen LogP contribution in [0.15, 0.2) is 36.2 Å². The molecule has 3 heteroatoms. The highest BCUT2D eigenvalue weighted by Crippen LogP contribution is 2.44. The van der Waals surface area contributed by atoms with Crippen LogP contribution in [0.1, 0.15) is 42.7 Å². The van der Waals surface area contributed by atoms with Crippen LogP contribution in [0.4, 0.5) is 0 Å². The Hall–Kier alpha value is -1.35. The van der Waals surface area contributed by atoms with Crippen molar-refractivity contribution in [1.82, 2.24) is 10.6 Å². The van der Waals surface area contributed by atoms with E-state index in [9.17, 15) is 0 Å². The van der Waals surface area contributed by atoms with E-state index in [0.717, 1.165) is 12.1 Å². The summed E-state index contributed by atoms with van der Waals surface area (Å²) in [4.78, 5) is 0. The first kappa shape index (κ1) is 10.8. The predicted octanol–water partition coefficient (Wildman–Crippen LogP) is 3.00. The summed E-state index contributed by atoms with van der Waals surface area (Å²) in [6.07, 6.45) is 4.15. The van der Waals surface area contributed by atoms with Gasteiger partial charge in [0.05, 0.1) is 5.70 Å². The maximum atomic E-state index is 5.01. The minimum Gasteiger partial charge on any atom is -0.336 e. The van der Waals surface area contributed by atoms with Crippen LogP contribution in [0.5, 0.6) is 0 Å². The molecular formula is C14H15N2S. The van der Waals surface area contributed by atoms with Crippen LogP contribution >= 0.6 is 12.2 Å². The first-order valence-corrected chi connectivity index (χ1v) is 6.45. The monoisotopic (exact) mass is 243 g/mol. The van der Waals surface area contributed by atoms with E-state index in [-0.39, 0.29) is 0 Å². The summed E-state index contributed by atoms with van der Waals surface area (Å²) in [5.41, 5.74) is 4.09. The van der Waals surface area contributed by atoms with E-state index in [1.165, 1.54) is 17.5 Å². The minimum atomic E-state index is 0.596. The van der Waals surface area contributed by atoms with Gasteiger partial charge in [-0.2, -0.15) is 0 Å². The van der Waals surface area contributed by atoms with Gasteiger partial charge in [0.2, 0.25) is 0 Å². The highest BCUT2D eigenvalue weighted by Gasteiger charge is 2.29. The number of hydrogen-bond donors (Lipinski definition) is 1. The van der Waals surface area contributed by atoms with Crippen LogP contribution < -0.4 is 10.6 Å². The first-order chi connectivity index (χ1) is 8.24. The van der Waals surface area contributed by atoms with Gasteiger partial charge < -0.3 is 5.32 Å². The SMILES string of the molecule is CC1CC(CC2=CNC(=S)[N]2)c2ccccc21. The Labute approximate surface area is 107 Å². The summed E-state index contributed by atoms with van der Waals surface area (Å²) in [6.45, 7) is 2.31. The quantitative estimate of drug-likeness (QED) is 0.808. The number of allylic oxidation sites excluding steroid dienone is 1. The molecule has 1 aliphatic carbocycles. The van der Waals surface area contributed by atoms with Gasteiger partial charge in [-0.25, -0.2) is 5.32 Å². The lowest BCUT2D eigenvalue weighted by molar-refractivity contribution is 0.606. The number of thiocarbonyl (C=S) groups is 1. The summed E-state index contributed by atoms with van der Waals surface area (Å²) < 4.78 is 0. The summed E-state index contributed by atoms with van der Waals surface area (Å²) in [5.74, 6) is 1.26. The van der Waals surface area contributed by atoms with Crippen LogP contribution in [-0.4, -0.2) is 5.11 Å². The lowest BCUT2D eigenvalue weighted by Gasteiger charge is -2.10. The van der Waals surface area contributed by atoms with E-state index < -0.39 is 0 Å². The molecule has 2 atom stereocenters. The van der Waals surface area contributed by atoms with Crippen molar-refractivity contribution < 1.29 is 0 Å². The van der Waals surface area contributed by atoms with Crippen LogP contribution in [0, 0.1) is 0 Å². The number of fused-ring (bicyclic) bond motifs is 1. The normalized spacial score (nSPS) is 26.2. The Bertz CT molecular complexity index is 493. The molecule has 1 aromatic carbocycles. The maximum absolute atomic E-state index is 5.01. The molecule has 3 rings (SSSR count). The molecule has 17 heavy (non-hydrogen) atoms. The highest BCUT2D eigenvalue weighted by atomic mass is 32.1. The molecule has 0 saturated carbocycles. The van der Waals surface area contributed by atoms with Crippen LogP contribution in [0.2, 0.25) is 0 Å². The maximum Gasteiger partial charge on any atom is 0.197 e. The molecule has 0 fully saturated rings. The average molecular weight is 243 g/mol. The predicted molar refractivity (Wildman–Crippen MR) is 72.8 cm³/mol. The second-order valence-corrected chi connectivity index (χ2v) is 5.25. The fourth-order valence-corrected chi connectivity index (χ4v) is 3.08. The largest absolute Gasteiger partial charge is 0.336 e. The summed E-state index contributed by atoms with van der Waals surface area (Å²) >= 11 is 5.01. The molecule has 1 heterocycles.